The Balaban J connectivity index is 1.32. The Bertz CT molecular complexity index is 1150. The normalized spacial score (nSPS) is 28.3. The van der Waals surface area contributed by atoms with Crippen molar-refractivity contribution in [2.45, 2.75) is 56.6 Å². The first kappa shape index (κ1) is 23.8. The van der Waals surface area contributed by atoms with Gasteiger partial charge in [-0.05, 0) is 54.4 Å². The van der Waals surface area contributed by atoms with Crippen LogP contribution in [-0.4, -0.2) is 46.3 Å². The van der Waals surface area contributed by atoms with E-state index in [2.05, 4.69) is 12.1 Å². The summed E-state index contributed by atoms with van der Waals surface area (Å²) >= 11 is 8.31. The molecule has 5 atom stereocenters. The van der Waals surface area contributed by atoms with Gasteiger partial charge in [0, 0.05) is 33.2 Å². The van der Waals surface area contributed by atoms with Crippen molar-refractivity contribution in [2.75, 3.05) is 6.61 Å². The summed E-state index contributed by atoms with van der Waals surface area (Å²) in [4.78, 5) is 2.37. The zero-order valence-electron chi connectivity index (χ0n) is 18.7. The Labute approximate surface area is 207 Å². The van der Waals surface area contributed by atoms with Crippen LogP contribution in [0.1, 0.15) is 33.4 Å². The zero-order chi connectivity index (χ0) is 23.9. The minimum Gasteiger partial charge on any atom is -0.493 e. The summed E-state index contributed by atoms with van der Waals surface area (Å²) < 4.78 is 17.6. The van der Waals surface area contributed by atoms with Crippen molar-refractivity contribution in [1.82, 2.24) is 0 Å². The van der Waals surface area contributed by atoms with Gasteiger partial charge in [0.2, 0.25) is 5.79 Å². The van der Waals surface area contributed by atoms with Gasteiger partial charge in [0.25, 0.3) is 0 Å². The van der Waals surface area contributed by atoms with Crippen LogP contribution in [0.2, 0.25) is 5.02 Å². The van der Waals surface area contributed by atoms with Crippen LogP contribution in [0.15, 0.2) is 54.6 Å². The summed E-state index contributed by atoms with van der Waals surface area (Å²) in [5.41, 5.74) is 2.32. The lowest BCUT2D eigenvalue weighted by atomic mass is 9.87. The highest BCUT2D eigenvalue weighted by Gasteiger charge is 2.57. The summed E-state index contributed by atoms with van der Waals surface area (Å²) in [6.07, 6.45) is -3.29. The lowest BCUT2D eigenvalue weighted by molar-refractivity contribution is -0.362. The van der Waals surface area contributed by atoms with Crippen LogP contribution in [0.5, 0.6) is 5.75 Å². The molecule has 1 fully saturated rings. The van der Waals surface area contributed by atoms with Gasteiger partial charge in [0.15, 0.2) is 0 Å². The summed E-state index contributed by atoms with van der Waals surface area (Å²) in [6, 6.07) is 17.7. The Kier molecular flexibility index (Phi) is 6.70. The maximum Gasteiger partial charge on any atom is 0.225 e. The Morgan fingerprint density at radius 1 is 1.06 bits per heavy atom. The second-order valence-electron chi connectivity index (χ2n) is 8.76. The van der Waals surface area contributed by atoms with Gasteiger partial charge in [-0.25, -0.2) is 0 Å². The van der Waals surface area contributed by atoms with Crippen LogP contribution in [0, 0.1) is 0 Å². The van der Waals surface area contributed by atoms with E-state index in [1.54, 1.807) is 18.3 Å². The van der Waals surface area contributed by atoms with Crippen LogP contribution in [0.25, 0.3) is 0 Å². The Hall–Kier alpha value is -1.97. The van der Waals surface area contributed by atoms with E-state index < -0.39 is 30.2 Å². The van der Waals surface area contributed by atoms with Crippen LogP contribution in [0.3, 0.4) is 0 Å². The molecule has 3 aromatic rings. The highest BCUT2D eigenvalue weighted by atomic mass is 35.5. The number of aliphatic hydroxyl groups is 3. The number of hydrogen-bond donors (Lipinski definition) is 3. The first-order chi connectivity index (χ1) is 16.4. The van der Waals surface area contributed by atoms with Crippen LogP contribution in [0.4, 0.5) is 0 Å². The third-order valence-electron chi connectivity index (χ3n) is 6.44. The van der Waals surface area contributed by atoms with Crippen molar-refractivity contribution in [3.05, 3.63) is 86.1 Å². The summed E-state index contributed by atoms with van der Waals surface area (Å²) in [7, 11) is 0. The number of aliphatic hydroxyl groups excluding tert-OH is 3. The second kappa shape index (κ2) is 9.59. The molecule has 5 rings (SSSR count). The molecule has 2 aliphatic rings. The monoisotopic (exact) mass is 502 g/mol. The van der Waals surface area contributed by atoms with Gasteiger partial charge in [0.05, 0.1) is 19.3 Å². The average molecular weight is 503 g/mol. The zero-order valence-corrected chi connectivity index (χ0v) is 20.3. The predicted octanol–water partition coefficient (Wildman–Crippen LogP) is 3.80. The van der Waals surface area contributed by atoms with Crippen LogP contribution < -0.4 is 4.74 Å². The topological polar surface area (TPSA) is 88.4 Å². The molecule has 2 aliphatic heterocycles. The molecule has 0 amide bonds. The van der Waals surface area contributed by atoms with E-state index in [1.165, 1.54) is 4.88 Å². The van der Waals surface area contributed by atoms with Gasteiger partial charge in [-0.15, -0.1) is 11.3 Å². The molecule has 0 radical (unpaired) electrons. The first-order valence-electron chi connectivity index (χ1n) is 11.3. The number of thiophene rings is 1. The van der Waals surface area contributed by atoms with Crippen molar-refractivity contribution in [3.63, 3.8) is 0 Å². The number of para-hydroxylation sites is 1. The third kappa shape index (κ3) is 4.38. The fourth-order valence-electron chi connectivity index (χ4n) is 4.57. The molecule has 34 heavy (non-hydrogen) atoms. The molecule has 2 aromatic carbocycles. The minimum atomic E-state index is -1.53. The van der Waals surface area contributed by atoms with Crippen molar-refractivity contribution in [3.8, 4) is 5.75 Å². The first-order valence-corrected chi connectivity index (χ1v) is 12.5. The van der Waals surface area contributed by atoms with Gasteiger partial charge in [-0.3, -0.25) is 0 Å². The predicted molar refractivity (Wildman–Crippen MR) is 129 cm³/mol. The highest BCUT2D eigenvalue weighted by Crippen LogP contribution is 2.47. The molecular formula is C26H27ClO6S. The molecular weight excluding hydrogens is 476 g/mol. The molecule has 0 bridgehead atoms. The molecule has 8 heteroatoms. The van der Waals surface area contributed by atoms with E-state index >= 15 is 0 Å². The smallest absolute Gasteiger partial charge is 0.225 e. The molecule has 3 heterocycles. The van der Waals surface area contributed by atoms with Gasteiger partial charge < -0.3 is 29.5 Å². The molecule has 1 spiro atoms. The van der Waals surface area contributed by atoms with E-state index in [4.69, 9.17) is 25.8 Å². The number of fused-ring (bicyclic) bond motifs is 2. The van der Waals surface area contributed by atoms with Gasteiger partial charge in [-0.1, -0.05) is 29.8 Å². The maximum absolute atomic E-state index is 10.8. The molecule has 0 saturated carbocycles. The number of hydrogen-bond acceptors (Lipinski definition) is 7. The van der Waals surface area contributed by atoms with Crippen LogP contribution in [-0.2, 0) is 34.7 Å². The standard InChI is InChI=1S/C26H27ClO6S/c1-15-23(28)24(29)25(30)26(33-15)21-12-16(22(27)13-17(21)14-32-26)11-20-8-7-19(34-20)9-10-31-18-5-3-2-4-6-18/h2-8,12-13,15,23-25,28-30H,9-11,14H2,1H3/t15?,23-,24+,25-,26+/m1/s1. The fraction of sp³-hybridized carbons (Fsp3) is 0.385. The van der Waals surface area contributed by atoms with Gasteiger partial charge >= 0.3 is 0 Å². The molecule has 1 saturated heterocycles. The number of halogens is 1. The molecule has 1 unspecified atom stereocenters. The van der Waals surface area contributed by atoms with Crippen molar-refractivity contribution < 1.29 is 29.5 Å². The fourth-order valence-corrected chi connectivity index (χ4v) is 5.85. The van der Waals surface area contributed by atoms with Crippen molar-refractivity contribution in [2.24, 2.45) is 0 Å². The lowest BCUT2D eigenvalue weighted by Crippen LogP contribution is -2.62. The second-order valence-corrected chi connectivity index (χ2v) is 10.4. The Morgan fingerprint density at radius 2 is 1.82 bits per heavy atom. The minimum absolute atomic E-state index is 0.201. The molecule has 0 aliphatic carbocycles. The molecule has 180 valence electrons. The summed E-state index contributed by atoms with van der Waals surface area (Å²) in [5, 5.41) is 31.9. The SMILES string of the molecule is CC1O[C@]2(OCc3cc(Cl)c(Cc4ccc(CCOc5ccccc5)s4)cc32)[C@H](O)[C@@H](O)[C@@H]1O. The van der Waals surface area contributed by atoms with E-state index in [1.807, 2.05) is 42.5 Å². The quantitative estimate of drug-likeness (QED) is 0.475. The molecule has 6 nitrogen and oxygen atoms in total. The molecule has 1 aromatic heterocycles. The van der Waals surface area contributed by atoms with Gasteiger partial charge in [-0.2, -0.15) is 0 Å². The summed E-state index contributed by atoms with van der Waals surface area (Å²) in [5.74, 6) is -0.665. The maximum atomic E-state index is 10.8. The van der Waals surface area contributed by atoms with Crippen LogP contribution >= 0.6 is 22.9 Å². The highest BCUT2D eigenvalue weighted by molar-refractivity contribution is 7.12. The number of rotatable bonds is 6. The van der Waals surface area contributed by atoms with Crippen molar-refractivity contribution in [1.29, 1.82) is 0 Å². The Morgan fingerprint density at radius 3 is 2.62 bits per heavy atom. The number of benzene rings is 2. The summed E-state index contributed by atoms with van der Waals surface area (Å²) in [6.45, 7) is 2.45. The number of ether oxygens (including phenoxy) is 3. The largest absolute Gasteiger partial charge is 0.493 e. The third-order valence-corrected chi connectivity index (χ3v) is 7.93. The van der Waals surface area contributed by atoms with Gasteiger partial charge in [0.1, 0.15) is 24.1 Å². The lowest BCUT2D eigenvalue weighted by Gasteiger charge is -2.45. The van der Waals surface area contributed by atoms with E-state index in [9.17, 15) is 15.3 Å². The van der Waals surface area contributed by atoms with E-state index in [-0.39, 0.29) is 6.61 Å². The van der Waals surface area contributed by atoms with E-state index in [0.29, 0.717) is 23.6 Å². The average Bonchev–Trinajstić information content (AvgIpc) is 3.42. The molecule has 3 N–H and O–H groups in total. The van der Waals surface area contributed by atoms with Crippen molar-refractivity contribution >= 4 is 22.9 Å². The van der Waals surface area contributed by atoms with E-state index in [0.717, 1.165) is 28.2 Å².